The Balaban J connectivity index is 1.46. The summed E-state index contributed by atoms with van der Waals surface area (Å²) in [6, 6.07) is 12.9. The summed E-state index contributed by atoms with van der Waals surface area (Å²) in [5.74, 6) is -1.41. The Hall–Kier alpha value is -4.09. The Labute approximate surface area is 232 Å². The van der Waals surface area contributed by atoms with Gasteiger partial charge in [0.15, 0.2) is 11.6 Å². The zero-order valence-corrected chi connectivity index (χ0v) is 23.0. The van der Waals surface area contributed by atoms with Gasteiger partial charge in [-0.1, -0.05) is 24.3 Å². The number of para-hydroxylation sites is 1. The molecule has 1 aliphatic rings. The average molecular weight is 550 g/mol. The number of amides is 2. The first-order chi connectivity index (χ1) is 19.3. The summed E-state index contributed by atoms with van der Waals surface area (Å²) in [5.41, 5.74) is 3.82. The number of aromatic nitrogens is 4. The van der Waals surface area contributed by atoms with Crippen LogP contribution in [0, 0.1) is 18.6 Å². The Bertz CT molecular complexity index is 1490. The number of hydrogen-bond acceptors (Lipinski definition) is 5. The highest BCUT2D eigenvalue weighted by atomic mass is 19.2. The Morgan fingerprint density at radius 1 is 1.15 bits per heavy atom. The monoisotopic (exact) mass is 549 g/mol. The van der Waals surface area contributed by atoms with E-state index in [0.717, 1.165) is 28.6 Å². The summed E-state index contributed by atoms with van der Waals surface area (Å²) in [5, 5.41) is 12.3. The third-order valence-corrected chi connectivity index (χ3v) is 7.38. The molecule has 2 amide bonds. The van der Waals surface area contributed by atoms with Crippen LogP contribution in [0.4, 0.5) is 19.4 Å². The van der Waals surface area contributed by atoms with Crippen molar-refractivity contribution in [2.24, 2.45) is 7.05 Å². The van der Waals surface area contributed by atoms with Gasteiger partial charge in [0.05, 0.1) is 24.5 Å². The normalized spacial score (nSPS) is 17.4. The van der Waals surface area contributed by atoms with E-state index in [1.807, 2.05) is 50.5 Å². The maximum absolute atomic E-state index is 14.1. The average Bonchev–Trinajstić information content (AvgIpc) is 3.65. The van der Waals surface area contributed by atoms with E-state index in [9.17, 15) is 13.6 Å². The number of anilines is 1. The number of aryl methyl sites for hydroxylation is 1. The first-order valence-electron chi connectivity index (χ1n) is 13.1. The highest BCUT2D eigenvalue weighted by molar-refractivity contribution is 5.93. The van der Waals surface area contributed by atoms with Crippen LogP contribution in [0.3, 0.4) is 0 Å². The van der Waals surface area contributed by atoms with Gasteiger partial charge in [-0.05, 0) is 36.8 Å². The van der Waals surface area contributed by atoms with E-state index < -0.39 is 11.6 Å². The third kappa shape index (κ3) is 5.47. The molecule has 2 aromatic carbocycles. The molecule has 0 saturated carbocycles. The van der Waals surface area contributed by atoms with Gasteiger partial charge in [0.2, 0.25) is 0 Å². The minimum Gasteiger partial charge on any atom is -0.383 e. The van der Waals surface area contributed by atoms with Crippen LogP contribution in [0.15, 0.2) is 60.9 Å². The van der Waals surface area contributed by atoms with Gasteiger partial charge in [0.25, 0.3) is 0 Å². The van der Waals surface area contributed by atoms with Crippen LogP contribution in [0.5, 0.6) is 0 Å². The molecule has 0 spiro atoms. The standard InChI is InChI=1S/C29H33F2N7O2/c1-19-27(21-15-32-35(2)16-21)34-38(22-8-6-5-7-9-22)28(19)36(3)29(39)33-26-18-37(12-13-40-4)17-23(26)20-10-11-24(30)25(31)14-20/h5-11,14-16,23,26H,12-13,17-18H2,1-4H3,(H,33,39)/t23-,26+/m0/s1. The van der Waals surface area contributed by atoms with E-state index in [1.165, 1.54) is 6.07 Å². The second-order valence-electron chi connectivity index (χ2n) is 10.1. The van der Waals surface area contributed by atoms with Crippen LogP contribution in [-0.4, -0.2) is 76.9 Å². The first kappa shape index (κ1) is 27.5. The van der Waals surface area contributed by atoms with E-state index in [4.69, 9.17) is 9.84 Å². The predicted octanol–water partition coefficient (Wildman–Crippen LogP) is 4.12. The Morgan fingerprint density at radius 2 is 1.93 bits per heavy atom. The van der Waals surface area contributed by atoms with Gasteiger partial charge in [-0.25, -0.2) is 18.3 Å². The summed E-state index contributed by atoms with van der Waals surface area (Å²) in [6.07, 6.45) is 3.63. The SMILES string of the molecule is COCCN1C[C@@H](NC(=O)N(C)c2c(C)c(-c3cnn(C)c3)nn2-c2ccccc2)[C@H](c2ccc(F)c(F)c2)C1. The molecule has 3 heterocycles. The number of nitrogens with zero attached hydrogens (tertiary/aromatic N) is 6. The fourth-order valence-electron chi connectivity index (χ4n) is 5.31. The molecule has 1 saturated heterocycles. The third-order valence-electron chi connectivity index (χ3n) is 7.38. The molecule has 1 aliphatic heterocycles. The van der Waals surface area contributed by atoms with Crippen LogP contribution < -0.4 is 10.2 Å². The topological polar surface area (TPSA) is 80.5 Å². The number of nitrogens with one attached hydrogen (secondary N) is 1. The van der Waals surface area contributed by atoms with Crippen molar-refractivity contribution in [3.63, 3.8) is 0 Å². The van der Waals surface area contributed by atoms with E-state index in [-0.39, 0.29) is 18.0 Å². The molecular formula is C29H33F2N7O2. The molecule has 1 N–H and O–H groups in total. The van der Waals surface area contributed by atoms with Gasteiger partial charge in [-0.3, -0.25) is 14.5 Å². The smallest absolute Gasteiger partial charge is 0.323 e. The van der Waals surface area contributed by atoms with Gasteiger partial charge in [0, 0.05) is 64.1 Å². The number of ether oxygens (including phenoxy) is 1. The number of urea groups is 1. The highest BCUT2D eigenvalue weighted by Gasteiger charge is 2.36. The molecule has 1 fully saturated rings. The number of methoxy groups -OCH3 is 1. The lowest BCUT2D eigenvalue weighted by molar-refractivity contribution is 0.159. The van der Waals surface area contributed by atoms with Gasteiger partial charge < -0.3 is 10.1 Å². The molecule has 0 bridgehead atoms. The van der Waals surface area contributed by atoms with Crippen molar-refractivity contribution in [3.8, 4) is 16.9 Å². The first-order valence-corrected chi connectivity index (χ1v) is 13.1. The molecule has 0 unspecified atom stereocenters. The van der Waals surface area contributed by atoms with Crippen LogP contribution in [0.25, 0.3) is 16.9 Å². The van der Waals surface area contributed by atoms with Crippen LogP contribution in [0.2, 0.25) is 0 Å². The Kier molecular flexibility index (Phi) is 7.95. The zero-order valence-electron chi connectivity index (χ0n) is 23.0. The summed E-state index contributed by atoms with van der Waals surface area (Å²) >= 11 is 0. The molecule has 2 aromatic heterocycles. The lowest BCUT2D eigenvalue weighted by Gasteiger charge is -2.25. The number of benzene rings is 2. The summed E-state index contributed by atoms with van der Waals surface area (Å²) in [4.78, 5) is 17.5. The van der Waals surface area contributed by atoms with E-state index in [0.29, 0.717) is 37.6 Å². The molecule has 2 atom stereocenters. The summed E-state index contributed by atoms with van der Waals surface area (Å²) in [7, 11) is 5.18. The number of halogens is 2. The minimum atomic E-state index is -0.902. The summed E-state index contributed by atoms with van der Waals surface area (Å²) < 4.78 is 36.5. The molecule has 4 aromatic rings. The van der Waals surface area contributed by atoms with Crippen LogP contribution in [-0.2, 0) is 11.8 Å². The van der Waals surface area contributed by atoms with E-state index >= 15 is 0 Å². The maximum Gasteiger partial charge on any atom is 0.323 e. The number of carbonyl (C=O) groups is 1. The zero-order chi connectivity index (χ0) is 28.4. The number of carbonyl (C=O) groups excluding carboxylic acids is 1. The fourth-order valence-corrected chi connectivity index (χ4v) is 5.31. The molecule has 9 nitrogen and oxygen atoms in total. The lowest BCUT2D eigenvalue weighted by Crippen LogP contribution is -2.47. The quantitative estimate of drug-likeness (QED) is 0.358. The molecule has 11 heteroatoms. The molecule has 0 radical (unpaired) electrons. The number of hydrogen-bond donors (Lipinski definition) is 1. The van der Waals surface area contributed by atoms with Crippen molar-refractivity contribution < 1.29 is 18.3 Å². The second kappa shape index (κ2) is 11.6. The maximum atomic E-state index is 14.1. The molecule has 40 heavy (non-hydrogen) atoms. The fraction of sp³-hybridized carbons (Fsp3) is 0.345. The van der Waals surface area contributed by atoms with Crippen molar-refractivity contribution in [2.75, 3.05) is 45.3 Å². The van der Waals surface area contributed by atoms with E-state index in [1.54, 1.807) is 40.7 Å². The van der Waals surface area contributed by atoms with Crippen LogP contribution >= 0.6 is 0 Å². The predicted molar refractivity (Wildman–Crippen MR) is 149 cm³/mol. The summed E-state index contributed by atoms with van der Waals surface area (Å²) in [6.45, 7) is 4.24. The largest absolute Gasteiger partial charge is 0.383 e. The van der Waals surface area contributed by atoms with Crippen molar-refractivity contribution in [1.82, 2.24) is 29.8 Å². The van der Waals surface area contributed by atoms with Crippen molar-refractivity contribution in [3.05, 3.63) is 83.7 Å². The molecule has 0 aliphatic carbocycles. The lowest BCUT2D eigenvalue weighted by atomic mass is 9.94. The number of rotatable bonds is 8. The van der Waals surface area contributed by atoms with Crippen molar-refractivity contribution in [2.45, 2.75) is 18.9 Å². The molecule has 5 rings (SSSR count). The van der Waals surface area contributed by atoms with Gasteiger partial charge >= 0.3 is 6.03 Å². The van der Waals surface area contributed by atoms with Crippen molar-refractivity contribution in [1.29, 1.82) is 0 Å². The molecular weight excluding hydrogens is 516 g/mol. The number of likely N-dealkylation sites (tertiary alicyclic amines) is 1. The van der Waals surface area contributed by atoms with Gasteiger partial charge in [-0.2, -0.15) is 10.2 Å². The second-order valence-corrected chi connectivity index (χ2v) is 10.1. The highest BCUT2D eigenvalue weighted by Crippen LogP contribution is 2.33. The Morgan fingerprint density at radius 3 is 2.60 bits per heavy atom. The van der Waals surface area contributed by atoms with Gasteiger partial charge in [-0.15, -0.1) is 0 Å². The molecule has 210 valence electrons. The van der Waals surface area contributed by atoms with Crippen LogP contribution in [0.1, 0.15) is 17.0 Å². The van der Waals surface area contributed by atoms with Gasteiger partial charge in [0.1, 0.15) is 11.5 Å². The van der Waals surface area contributed by atoms with E-state index in [2.05, 4.69) is 15.3 Å². The van der Waals surface area contributed by atoms with Crippen molar-refractivity contribution >= 4 is 11.8 Å². The minimum absolute atomic E-state index is 0.226.